The van der Waals surface area contributed by atoms with E-state index in [1.807, 2.05) is 91.0 Å². The van der Waals surface area contributed by atoms with E-state index >= 15 is 0 Å². The molecular formula is C43H41ClN8O7S3. The number of thioether (sulfide) groups is 2. The van der Waals surface area contributed by atoms with E-state index in [0.29, 0.717) is 15.8 Å². The van der Waals surface area contributed by atoms with Crippen LogP contribution in [-0.2, 0) is 36.0 Å². The SMILES string of the molecule is C=C(Cl)Cn1c(SCC2=C(C(=O)OC(C)(C)C)N3C(=O)C(NC(=O)C(=NOC)c4csc(NC(c5ccccc5)(c5ccccc5)c5ccccc5)n4)C3CS2)n[nH]c(=O)c1=O. The Morgan fingerprint density at radius 2 is 1.58 bits per heavy atom. The molecule has 62 heavy (non-hydrogen) atoms. The number of rotatable bonds is 15. The van der Waals surface area contributed by atoms with Crippen LogP contribution < -0.4 is 21.8 Å². The second-order valence-corrected chi connectivity index (χ2v) is 18.4. The molecule has 3 aromatic carbocycles. The van der Waals surface area contributed by atoms with E-state index in [4.69, 9.17) is 26.2 Å². The highest BCUT2D eigenvalue weighted by Crippen LogP contribution is 2.43. The number of hydrogen-bond acceptors (Lipinski definition) is 14. The number of nitrogens with zero attached hydrogens (tertiary/aromatic N) is 5. The van der Waals surface area contributed by atoms with Crippen molar-refractivity contribution in [2.24, 2.45) is 5.16 Å². The van der Waals surface area contributed by atoms with Crippen molar-refractivity contribution in [3.8, 4) is 0 Å². The van der Waals surface area contributed by atoms with Gasteiger partial charge in [0.05, 0.1) is 12.6 Å². The maximum absolute atomic E-state index is 14.1. The molecule has 0 bridgehead atoms. The summed E-state index contributed by atoms with van der Waals surface area (Å²) in [5, 5.41) is 19.1. The van der Waals surface area contributed by atoms with Gasteiger partial charge in [-0.3, -0.25) is 28.6 Å². The van der Waals surface area contributed by atoms with Crippen molar-refractivity contribution in [3.05, 3.63) is 162 Å². The van der Waals surface area contributed by atoms with Crippen LogP contribution in [0.15, 0.2) is 138 Å². The third-order valence-corrected chi connectivity index (χ3v) is 12.9. The fourth-order valence-corrected chi connectivity index (χ4v) is 10.3. The Kier molecular flexibility index (Phi) is 13.2. The quantitative estimate of drug-likeness (QED) is 0.0222. The highest BCUT2D eigenvalue weighted by atomic mass is 35.5. The lowest BCUT2D eigenvalue weighted by atomic mass is 9.77. The van der Waals surface area contributed by atoms with Gasteiger partial charge in [0, 0.05) is 26.8 Å². The van der Waals surface area contributed by atoms with Gasteiger partial charge < -0.3 is 20.2 Å². The highest BCUT2D eigenvalue weighted by Gasteiger charge is 2.54. The first kappa shape index (κ1) is 44.1. The number of allylic oxidation sites excluding steroid dienone is 1. The predicted octanol–water partition coefficient (Wildman–Crippen LogP) is 5.68. The fraction of sp³-hybridized carbons (Fsp3) is 0.256. The van der Waals surface area contributed by atoms with Crippen LogP contribution in [0.5, 0.6) is 0 Å². The molecule has 0 saturated carbocycles. The largest absolute Gasteiger partial charge is 0.455 e. The molecule has 5 aromatic rings. The van der Waals surface area contributed by atoms with Gasteiger partial charge >= 0.3 is 17.1 Å². The highest BCUT2D eigenvalue weighted by molar-refractivity contribution is 8.06. The average molecular weight is 914 g/mol. The van der Waals surface area contributed by atoms with Crippen molar-refractivity contribution < 1.29 is 24.0 Å². The molecule has 2 aliphatic rings. The van der Waals surface area contributed by atoms with Crippen LogP contribution in [0.1, 0.15) is 43.2 Å². The number of nitrogens with one attached hydrogen (secondary N) is 3. The fourth-order valence-electron chi connectivity index (χ4n) is 7.04. The number of thiazole rings is 1. The zero-order valence-electron chi connectivity index (χ0n) is 33.9. The molecule has 1 saturated heterocycles. The summed E-state index contributed by atoms with van der Waals surface area (Å²) in [4.78, 5) is 78.3. The van der Waals surface area contributed by atoms with E-state index in [2.05, 4.69) is 32.6 Å². The molecule has 2 amide bonds. The number of aromatic amines is 1. The van der Waals surface area contributed by atoms with Crippen molar-refractivity contribution in [2.45, 2.75) is 55.7 Å². The molecule has 15 nitrogen and oxygen atoms in total. The third-order valence-electron chi connectivity index (χ3n) is 9.68. The van der Waals surface area contributed by atoms with Gasteiger partial charge in [0.15, 0.2) is 16.0 Å². The Balaban J connectivity index is 1.14. The van der Waals surface area contributed by atoms with E-state index in [-0.39, 0.29) is 39.6 Å². The first-order valence-electron chi connectivity index (χ1n) is 19.1. The summed E-state index contributed by atoms with van der Waals surface area (Å²) in [5.74, 6) is -1.62. The van der Waals surface area contributed by atoms with Gasteiger partial charge in [0.2, 0.25) is 0 Å². The molecule has 19 heteroatoms. The molecule has 4 heterocycles. The molecular weight excluding hydrogens is 872 g/mol. The summed E-state index contributed by atoms with van der Waals surface area (Å²) in [6, 6.07) is 28.3. The number of carbonyl (C=O) groups excluding carboxylic acids is 3. The van der Waals surface area contributed by atoms with Crippen LogP contribution in [0.25, 0.3) is 0 Å². The number of esters is 1. The van der Waals surface area contributed by atoms with Crippen LogP contribution in [0.3, 0.4) is 0 Å². The smallest absolute Gasteiger partial charge is 0.356 e. The van der Waals surface area contributed by atoms with E-state index in [9.17, 15) is 24.0 Å². The molecule has 3 N–H and O–H groups in total. The first-order chi connectivity index (χ1) is 29.7. The summed E-state index contributed by atoms with van der Waals surface area (Å²) in [5.41, 5.74) is -0.653. The Morgan fingerprint density at radius 1 is 0.984 bits per heavy atom. The lowest BCUT2D eigenvalue weighted by molar-refractivity contribution is -0.160. The topological polar surface area (TPSA) is 190 Å². The minimum atomic E-state index is -1.03. The number of aromatic nitrogens is 4. The Morgan fingerprint density at radius 3 is 2.13 bits per heavy atom. The van der Waals surface area contributed by atoms with Gasteiger partial charge in [-0.05, 0) is 37.5 Å². The van der Waals surface area contributed by atoms with Gasteiger partial charge in [0.25, 0.3) is 11.8 Å². The zero-order chi connectivity index (χ0) is 44.2. The number of hydrogen-bond donors (Lipinski definition) is 3. The van der Waals surface area contributed by atoms with Crippen LogP contribution in [-0.4, -0.2) is 84.4 Å². The number of carbonyl (C=O) groups is 3. The van der Waals surface area contributed by atoms with Crippen molar-refractivity contribution in [3.63, 3.8) is 0 Å². The van der Waals surface area contributed by atoms with Crippen LogP contribution in [0, 0.1) is 0 Å². The monoisotopic (exact) mass is 912 g/mol. The number of benzene rings is 3. The molecule has 0 spiro atoms. The van der Waals surface area contributed by atoms with Crippen molar-refractivity contribution in [2.75, 3.05) is 23.9 Å². The summed E-state index contributed by atoms with van der Waals surface area (Å²) in [6.07, 6.45) is 0. The van der Waals surface area contributed by atoms with Crippen molar-refractivity contribution >= 4 is 75.1 Å². The standard InChI is InChI=1S/C43H41ClN8O7S3/c1-25(44)21-51-38(56)36(54)48-49-41(51)62-24-31-34(39(57)59-42(2,3)4)52-30(23-60-31)33(37(52)55)46-35(53)32(50-58-5)29-22-61-40(45-29)47-43(26-15-9-6-10-16-26,27-17-11-7-12-18-27)28-19-13-8-14-20-28/h6-20,22,30,33H,1,21,23-24H2,2-5H3,(H,45,47)(H,46,53)(H,48,54). The Labute approximate surface area is 373 Å². The number of oxime groups is 1. The normalized spacial score (nSPS) is 16.6. The number of H-pyrrole nitrogens is 1. The van der Waals surface area contributed by atoms with Gasteiger partial charge in [-0.15, -0.1) is 28.2 Å². The van der Waals surface area contributed by atoms with E-state index in [0.717, 1.165) is 33.0 Å². The van der Waals surface area contributed by atoms with Crippen LogP contribution in [0.4, 0.5) is 5.13 Å². The third kappa shape index (κ3) is 9.13. The Bertz CT molecular complexity index is 2590. The molecule has 2 aliphatic heterocycles. The number of anilines is 1. The van der Waals surface area contributed by atoms with Crippen molar-refractivity contribution in [1.82, 2.24) is 30.0 Å². The minimum Gasteiger partial charge on any atom is -0.455 e. The predicted molar refractivity (Wildman–Crippen MR) is 241 cm³/mol. The number of fused-ring (bicyclic) bond motifs is 1. The maximum atomic E-state index is 14.1. The van der Waals surface area contributed by atoms with E-state index < -0.39 is 52.1 Å². The second-order valence-electron chi connectivity index (χ2n) is 15.0. The van der Waals surface area contributed by atoms with Gasteiger partial charge in [-0.1, -0.05) is 126 Å². The Hall–Kier alpha value is -5.95. The molecule has 2 atom stereocenters. The molecule has 2 aromatic heterocycles. The van der Waals surface area contributed by atoms with E-state index in [1.54, 1.807) is 26.2 Å². The van der Waals surface area contributed by atoms with E-state index in [1.165, 1.54) is 35.1 Å². The van der Waals surface area contributed by atoms with Gasteiger partial charge in [-0.2, -0.15) is 0 Å². The number of halogens is 1. The van der Waals surface area contributed by atoms with Crippen molar-refractivity contribution in [1.29, 1.82) is 0 Å². The molecule has 0 radical (unpaired) electrons. The summed E-state index contributed by atoms with van der Waals surface area (Å²) >= 11 is 9.60. The van der Waals surface area contributed by atoms with Gasteiger partial charge in [-0.25, -0.2) is 14.9 Å². The zero-order valence-corrected chi connectivity index (χ0v) is 37.1. The average Bonchev–Trinajstić information content (AvgIpc) is 3.72. The lowest BCUT2D eigenvalue weighted by Crippen LogP contribution is -2.73. The number of ether oxygens (including phenoxy) is 1. The summed E-state index contributed by atoms with van der Waals surface area (Å²) < 4.78 is 6.82. The van der Waals surface area contributed by atoms with Gasteiger partial charge in [0.1, 0.15) is 35.7 Å². The van der Waals surface area contributed by atoms with Crippen LogP contribution >= 0.6 is 46.5 Å². The minimum absolute atomic E-state index is 0.00368. The first-order valence-corrected chi connectivity index (χ1v) is 22.4. The summed E-state index contributed by atoms with van der Waals surface area (Å²) in [7, 11) is 1.31. The molecule has 1 fully saturated rings. The molecule has 2 unspecified atom stereocenters. The molecule has 7 rings (SSSR count). The number of amides is 2. The lowest BCUT2D eigenvalue weighted by Gasteiger charge is -2.50. The second kappa shape index (κ2) is 18.6. The molecule has 0 aliphatic carbocycles. The maximum Gasteiger partial charge on any atom is 0.356 e. The summed E-state index contributed by atoms with van der Waals surface area (Å²) in [6.45, 7) is 8.57. The van der Waals surface area contributed by atoms with Crippen LogP contribution in [0.2, 0.25) is 0 Å². The number of β-lactam (4-membered cyclic amide) rings is 1. The molecule has 320 valence electrons.